The van der Waals surface area contributed by atoms with Crippen molar-refractivity contribution in [2.75, 3.05) is 7.11 Å². The van der Waals surface area contributed by atoms with Gasteiger partial charge in [0.2, 0.25) is 0 Å². The molecule has 0 saturated heterocycles. The second kappa shape index (κ2) is 9.88. The van der Waals surface area contributed by atoms with E-state index in [1.165, 1.54) is 7.11 Å². The maximum absolute atomic E-state index is 13.6. The van der Waals surface area contributed by atoms with Crippen LogP contribution < -0.4 is 10.1 Å². The Bertz CT molecular complexity index is 1470. The summed E-state index contributed by atoms with van der Waals surface area (Å²) >= 11 is 13.5. The van der Waals surface area contributed by atoms with E-state index in [-0.39, 0.29) is 12.4 Å². The van der Waals surface area contributed by atoms with Crippen molar-refractivity contribution in [1.82, 2.24) is 5.32 Å². The predicted molar refractivity (Wildman–Crippen MR) is 146 cm³/mol. The smallest absolute Gasteiger partial charge is 0.336 e. The van der Waals surface area contributed by atoms with Gasteiger partial charge in [0.25, 0.3) is 0 Å². The second-order valence-electron chi connectivity index (χ2n) is 8.45. The minimum Gasteiger partial charge on any atom is -0.486 e. The summed E-state index contributed by atoms with van der Waals surface area (Å²) in [7, 11) is 1.34. The van der Waals surface area contributed by atoms with Gasteiger partial charge in [0.1, 0.15) is 12.4 Å². The fourth-order valence-electron chi connectivity index (χ4n) is 4.69. The van der Waals surface area contributed by atoms with E-state index >= 15 is 0 Å². The molecule has 1 heterocycles. The summed E-state index contributed by atoms with van der Waals surface area (Å²) in [5, 5.41) is 3.91. The van der Waals surface area contributed by atoms with E-state index in [0.717, 1.165) is 22.4 Å². The fourth-order valence-corrected chi connectivity index (χ4v) is 6.33. The van der Waals surface area contributed by atoms with E-state index in [0.29, 0.717) is 42.1 Å². The first-order chi connectivity index (χ1) is 17.3. The minimum atomic E-state index is -0.626. The number of Topliss-reactive ketones (excluding diaryl/α,β-unsaturated/α-hetero) is 1. The predicted octanol–water partition coefficient (Wildman–Crippen LogP) is 7.19. The number of halogens is 3. The average Bonchev–Trinajstić information content (AvgIpc) is 3.14. The quantitative estimate of drug-likeness (QED) is 0.303. The van der Waals surface area contributed by atoms with E-state index in [1.807, 2.05) is 61.5 Å². The lowest BCUT2D eigenvalue weighted by molar-refractivity contribution is -0.136. The van der Waals surface area contributed by atoms with Gasteiger partial charge in [-0.1, -0.05) is 54.1 Å². The van der Waals surface area contributed by atoms with Crippen molar-refractivity contribution in [2.45, 2.75) is 19.4 Å². The zero-order chi connectivity index (χ0) is 25.6. The first-order valence-electron chi connectivity index (χ1n) is 11.1. The molecule has 5 rings (SSSR count). The van der Waals surface area contributed by atoms with Crippen LogP contribution in [0.4, 0.5) is 0 Å². The number of nitrogens with one attached hydrogen (secondary N) is 1. The molecule has 1 aliphatic heterocycles. The average molecular weight is 630 g/mol. The number of dihydropyridines is 1. The SMILES string of the molecule is COC(=O)C1=C(C)NC2=C(C(=O)c3ccccc32)[C@H]1c1cc(Br)c(OCc2ccccc2Cl)c(Br)c1. The first-order valence-corrected chi connectivity index (χ1v) is 13.1. The topological polar surface area (TPSA) is 64.6 Å². The molecule has 0 unspecified atom stereocenters. The van der Waals surface area contributed by atoms with Crippen LogP contribution in [0.3, 0.4) is 0 Å². The van der Waals surface area contributed by atoms with Gasteiger partial charge in [-0.25, -0.2) is 4.79 Å². The summed E-state index contributed by atoms with van der Waals surface area (Å²) in [6, 6.07) is 18.7. The Labute approximate surface area is 230 Å². The third-order valence-electron chi connectivity index (χ3n) is 6.34. The molecule has 3 aromatic carbocycles. The second-order valence-corrected chi connectivity index (χ2v) is 10.6. The molecular weight excluding hydrogens is 610 g/mol. The van der Waals surface area contributed by atoms with Crippen LogP contribution in [-0.4, -0.2) is 18.9 Å². The Morgan fingerprint density at radius 1 is 1.03 bits per heavy atom. The summed E-state index contributed by atoms with van der Waals surface area (Å²) in [4.78, 5) is 26.5. The summed E-state index contributed by atoms with van der Waals surface area (Å²) in [6.45, 7) is 2.10. The van der Waals surface area contributed by atoms with Crippen molar-refractivity contribution >= 4 is 60.9 Å². The molecule has 1 aliphatic carbocycles. The number of carbonyl (C=O) groups excluding carboxylic acids is 2. The molecule has 5 nitrogen and oxygen atoms in total. The molecule has 1 atom stereocenters. The number of ether oxygens (including phenoxy) is 2. The Kier molecular flexibility index (Phi) is 6.81. The van der Waals surface area contributed by atoms with Crippen LogP contribution in [0.15, 0.2) is 86.5 Å². The third kappa shape index (κ3) is 4.19. The van der Waals surface area contributed by atoms with Crippen LogP contribution in [0.25, 0.3) is 5.70 Å². The van der Waals surface area contributed by atoms with Crippen molar-refractivity contribution in [3.63, 3.8) is 0 Å². The van der Waals surface area contributed by atoms with Gasteiger partial charge in [0, 0.05) is 38.9 Å². The number of methoxy groups -OCH3 is 1. The van der Waals surface area contributed by atoms with Gasteiger partial charge >= 0.3 is 5.97 Å². The molecule has 0 radical (unpaired) electrons. The normalized spacial score (nSPS) is 16.5. The van der Waals surface area contributed by atoms with Gasteiger partial charge in [-0.05, 0) is 62.5 Å². The number of hydrogen-bond donors (Lipinski definition) is 1. The highest BCUT2D eigenvalue weighted by Crippen LogP contribution is 2.48. The van der Waals surface area contributed by atoms with Crippen molar-refractivity contribution < 1.29 is 19.1 Å². The fraction of sp³-hybridized carbons (Fsp3) is 0.143. The molecule has 0 fully saturated rings. The number of benzene rings is 3. The molecule has 8 heteroatoms. The number of hydrogen-bond acceptors (Lipinski definition) is 5. The van der Waals surface area contributed by atoms with E-state index in [4.69, 9.17) is 21.1 Å². The number of ketones is 1. The van der Waals surface area contributed by atoms with Crippen LogP contribution in [0, 0.1) is 0 Å². The van der Waals surface area contributed by atoms with Gasteiger partial charge in [0.15, 0.2) is 5.78 Å². The van der Waals surface area contributed by atoms with Gasteiger partial charge in [-0.15, -0.1) is 0 Å². The summed E-state index contributed by atoms with van der Waals surface area (Å²) in [5.41, 5.74) is 5.30. The van der Waals surface area contributed by atoms with Crippen LogP contribution >= 0.6 is 43.5 Å². The molecule has 2 aliphatic rings. The van der Waals surface area contributed by atoms with Gasteiger partial charge in [-0.3, -0.25) is 4.79 Å². The number of carbonyl (C=O) groups is 2. The summed E-state index contributed by atoms with van der Waals surface area (Å²) < 4.78 is 12.5. The lowest BCUT2D eigenvalue weighted by atomic mass is 9.80. The van der Waals surface area contributed by atoms with Crippen molar-refractivity contribution in [3.8, 4) is 5.75 Å². The lowest BCUT2D eigenvalue weighted by Gasteiger charge is -2.29. The van der Waals surface area contributed by atoms with Crippen molar-refractivity contribution in [2.24, 2.45) is 0 Å². The minimum absolute atomic E-state index is 0.113. The van der Waals surface area contributed by atoms with Crippen LogP contribution in [0.2, 0.25) is 5.02 Å². The Morgan fingerprint density at radius 2 is 1.67 bits per heavy atom. The standard InChI is InChI=1S/C28H20Br2ClNO4/c1-14-22(28(34)35-2)23(24-25(32-14)17-8-4-5-9-18(17)26(24)33)16-11-19(29)27(20(30)12-16)36-13-15-7-3-6-10-21(15)31/h3-12,23,32H,13H2,1-2H3/t23-/m0/s1. The zero-order valence-electron chi connectivity index (χ0n) is 19.3. The van der Waals surface area contributed by atoms with Gasteiger partial charge in [0.05, 0.1) is 27.3 Å². The van der Waals surface area contributed by atoms with E-state index in [9.17, 15) is 9.59 Å². The maximum Gasteiger partial charge on any atom is 0.336 e. The lowest BCUT2D eigenvalue weighted by Crippen LogP contribution is -2.29. The monoisotopic (exact) mass is 627 g/mol. The summed E-state index contributed by atoms with van der Waals surface area (Å²) in [6.07, 6.45) is 0. The van der Waals surface area contributed by atoms with Gasteiger partial charge in [-0.2, -0.15) is 0 Å². The highest BCUT2D eigenvalue weighted by molar-refractivity contribution is 9.11. The van der Waals surface area contributed by atoms with Crippen LogP contribution in [0.1, 0.15) is 39.9 Å². The summed E-state index contributed by atoms with van der Waals surface area (Å²) in [5.74, 6) is -0.646. The molecule has 3 aromatic rings. The highest BCUT2D eigenvalue weighted by Gasteiger charge is 2.43. The molecule has 0 saturated carbocycles. The largest absolute Gasteiger partial charge is 0.486 e. The molecule has 0 bridgehead atoms. The van der Waals surface area contributed by atoms with Crippen LogP contribution in [0.5, 0.6) is 5.75 Å². The van der Waals surface area contributed by atoms with Crippen molar-refractivity contribution in [3.05, 3.63) is 114 Å². The highest BCUT2D eigenvalue weighted by atomic mass is 79.9. The molecule has 36 heavy (non-hydrogen) atoms. The van der Waals surface area contributed by atoms with Crippen LogP contribution in [-0.2, 0) is 16.1 Å². The van der Waals surface area contributed by atoms with E-state index in [1.54, 1.807) is 6.07 Å². The molecule has 182 valence electrons. The van der Waals surface area contributed by atoms with Crippen molar-refractivity contribution in [1.29, 1.82) is 0 Å². The third-order valence-corrected chi connectivity index (χ3v) is 7.88. The Morgan fingerprint density at radius 3 is 2.33 bits per heavy atom. The molecule has 0 aromatic heterocycles. The maximum atomic E-state index is 13.6. The first kappa shape index (κ1) is 24.8. The zero-order valence-corrected chi connectivity index (χ0v) is 23.3. The number of rotatable bonds is 5. The molecule has 0 spiro atoms. The Balaban J connectivity index is 1.59. The van der Waals surface area contributed by atoms with E-state index in [2.05, 4.69) is 37.2 Å². The molecule has 0 amide bonds. The number of esters is 1. The molecule has 1 N–H and O–H groups in total. The number of fused-ring (bicyclic) bond motifs is 2. The molecular formula is C28H20Br2ClNO4. The van der Waals surface area contributed by atoms with Gasteiger partial charge < -0.3 is 14.8 Å². The Hall–Kier alpha value is -2.87. The van der Waals surface area contributed by atoms with E-state index < -0.39 is 11.9 Å². The number of allylic oxidation sites excluding steroid dienone is 2.